The van der Waals surface area contributed by atoms with Crippen molar-refractivity contribution in [2.24, 2.45) is 5.92 Å². The molecule has 0 radical (unpaired) electrons. The maximum atomic E-state index is 12.4. The minimum Gasteiger partial charge on any atom is -0.388 e. The van der Waals surface area contributed by atoms with Gasteiger partial charge in [0.05, 0.1) is 12.1 Å². The number of likely N-dealkylation sites (tertiary alicyclic amines) is 1. The Bertz CT molecular complexity index is 767. The molecule has 0 spiro atoms. The van der Waals surface area contributed by atoms with Gasteiger partial charge >= 0.3 is 6.03 Å². The lowest BCUT2D eigenvalue weighted by atomic mass is 9.88. The lowest BCUT2D eigenvalue weighted by molar-refractivity contribution is -0.0362. The Hall–Kier alpha value is -2.01. The highest BCUT2D eigenvalue weighted by Gasteiger charge is 2.46. The van der Waals surface area contributed by atoms with Crippen molar-refractivity contribution in [2.45, 2.75) is 50.5 Å². The number of nitrogens with zero attached hydrogens (tertiary/aromatic N) is 1. The molecule has 2 heterocycles. The first-order chi connectivity index (χ1) is 12.7. The molecule has 1 aliphatic carbocycles. The van der Waals surface area contributed by atoms with E-state index in [1.54, 1.807) is 0 Å². The van der Waals surface area contributed by atoms with Gasteiger partial charge in [0.1, 0.15) is 0 Å². The molecule has 1 saturated carbocycles. The second kappa shape index (κ2) is 7.31. The number of hydrogen-bond acceptors (Lipinski definition) is 2. The average molecular weight is 355 g/mol. The third kappa shape index (κ3) is 3.73. The van der Waals surface area contributed by atoms with E-state index in [0.29, 0.717) is 19.0 Å². The number of fused-ring (bicyclic) bond motifs is 1. The quantitative estimate of drug-likeness (QED) is 0.695. The summed E-state index contributed by atoms with van der Waals surface area (Å²) in [7, 11) is 0. The average Bonchev–Trinajstić information content (AvgIpc) is 3.44. The molecular formula is C21H29N3O2. The van der Waals surface area contributed by atoms with Gasteiger partial charge in [-0.15, -0.1) is 0 Å². The molecule has 5 nitrogen and oxygen atoms in total. The molecule has 2 aliphatic rings. The number of rotatable bonds is 6. The van der Waals surface area contributed by atoms with Crippen LogP contribution < -0.4 is 5.32 Å². The number of aryl methyl sites for hydroxylation is 1. The summed E-state index contributed by atoms with van der Waals surface area (Å²) in [6.07, 6.45) is 9.09. The van der Waals surface area contributed by atoms with Gasteiger partial charge in [0.15, 0.2) is 0 Å². The van der Waals surface area contributed by atoms with Crippen LogP contribution in [-0.2, 0) is 6.42 Å². The van der Waals surface area contributed by atoms with Crippen LogP contribution in [-0.4, -0.2) is 46.3 Å². The Labute approximate surface area is 154 Å². The second-order valence-corrected chi connectivity index (χ2v) is 7.95. The fraction of sp³-hybridized carbons (Fsp3) is 0.571. The van der Waals surface area contributed by atoms with Crippen LogP contribution in [0, 0.1) is 5.92 Å². The SMILES string of the molecule is O=C(NCCCCc1c[nH]c2ccccc12)N1CCCC(O)(C2CC2)C1. The predicted molar refractivity (Wildman–Crippen MR) is 103 cm³/mol. The van der Waals surface area contributed by atoms with E-state index in [1.165, 1.54) is 16.5 Å². The maximum absolute atomic E-state index is 12.4. The zero-order valence-corrected chi connectivity index (χ0v) is 15.3. The molecule has 5 heteroatoms. The van der Waals surface area contributed by atoms with E-state index in [4.69, 9.17) is 0 Å². The van der Waals surface area contributed by atoms with E-state index in [9.17, 15) is 9.90 Å². The van der Waals surface area contributed by atoms with Crippen molar-refractivity contribution in [1.29, 1.82) is 0 Å². The topological polar surface area (TPSA) is 68.4 Å². The molecule has 1 saturated heterocycles. The molecule has 2 aromatic rings. The van der Waals surface area contributed by atoms with E-state index < -0.39 is 5.60 Å². The summed E-state index contributed by atoms with van der Waals surface area (Å²) in [5.74, 6) is 0.411. The van der Waals surface area contributed by atoms with Crippen LogP contribution in [0.4, 0.5) is 4.79 Å². The smallest absolute Gasteiger partial charge is 0.317 e. The molecule has 1 unspecified atom stereocenters. The molecule has 3 N–H and O–H groups in total. The number of aromatic amines is 1. The molecule has 1 atom stereocenters. The number of aromatic nitrogens is 1. The molecule has 2 amide bonds. The van der Waals surface area contributed by atoms with Gasteiger partial charge in [0.25, 0.3) is 0 Å². The molecule has 0 bridgehead atoms. The van der Waals surface area contributed by atoms with Crippen LogP contribution in [0.3, 0.4) is 0 Å². The number of piperidine rings is 1. The molecule has 26 heavy (non-hydrogen) atoms. The van der Waals surface area contributed by atoms with Crippen LogP contribution >= 0.6 is 0 Å². The number of β-amino-alcohol motifs (C(OH)–C–C–N with tert-alkyl or cyclic N) is 1. The van der Waals surface area contributed by atoms with Gasteiger partial charge < -0.3 is 20.3 Å². The van der Waals surface area contributed by atoms with Crippen molar-refractivity contribution < 1.29 is 9.90 Å². The highest BCUT2D eigenvalue weighted by molar-refractivity contribution is 5.83. The standard InChI is InChI=1S/C21H29N3O2/c25-20(24-13-5-11-21(26,15-24)17-9-10-17)22-12-4-3-6-16-14-23-19-8-2-1-7-18(16)19/h1-2,7-8,14,17,23,26H,3-6,9-13,15H2,(H,22,25). The number of hydrogen-bond donors (Lipinski definition) is 3. The summed E-state index contributed by atoms with van der Waals surface area (Å²) >= 11 is 0. The molecule has 1 aromatic heterocycles. The molecule has 1 aliphatic heterocycles. The second-order valence-electron chi connectivity index (χ2n) is 7.95. The number of unbranched alkanes of at least 4 members (excludes halogenated alkanes) is 1. The van der Waals surface area contributed by atoms with Gasteiger partial charge in [-0.3, -0.25) is 0 Å². The van der Waals surface area contributed by atoms with Crippen molar-refractivity contribution in [3.63, 3.8) is 0 Å². The fourth-order valence-electron chi connectivity index (χ4n) is 4.28. The Balaban J connectivity index is 1.19. The summed E-state index contributed by atoms with van der Waals surface area (Å²) < 4.78 is 0. The first-order valence-corrected chi connectivity index (χ1v) is 9.96. The summed E-state index contributed by atoms with van der Waals surface area (Å²) in [5, 5.41) is 15.0. The molecule has 2 fully saturated rings. The van der Waals surface area contributed by atoms with Crippen LogP contribution in [0.1, 0.15) is 44.1 Å². The van der Waals surface area contributed by atoms with Crippen molar-refractivity contribution in [3.8, 4) is 0 Å². The van der Waals surface area contributed by atoms with Crippen LogP contribution in [0.15, 0.2) is 30.5 Å². The van der Waals surface area contributed by atoms with E-state index in [-0.39, 0.29) is 6.03 Å². The molecular weight excluding hydrogens is 326 g/mol. The third-order valence-electron chi connectivity index (χ3n) is 5.95. The van der Waals surface area contributed by atoms with Crippen LogP contribution in [0.25, 0.3) is 10.9 Å². The zero-order chi connectivity index (χ0) is 18.0. The molecule has 140 valence electrons. The van der Waals surface area contributed by atoms with Crippen molar-refractivity contribution in [3.05, 3.63) is 36.0 Å². The summed E-state index contributed by atoms with van der Waals surface area (Å²) in [4.78, 5) is 17.5. The maximum Gasteiger partial charge on any atom is 0.317 e. The number of para-hydroxylation sites is 1. The lowest BCUT2D eigenvalue weighted by Crippen LogP contribution is -2.54. The summed E-state index contributed by atoms with van der Waals surface area (Å²) in [5.41, 5.74) is 1.90. The van der Waals surface area contributed by atoms with Crippen molar-refractivity contribution >= 4 is 16.9 Å². The fourth-order valence-corrected chi connectivity index (χ4v) is 4.28. The number of urea groups is 1. The van der Waals surface area contributed by atoms with Gasteiger partial charge in [0, 0.05) is 30.2 Å². The number of amides is 2. The summed E-state index contributed by atoms with van der Waals surface area (Å²) in [6.45, 7) is 1.95. The third-order valence-corrected chi connectivity index (χ3v) is 5.95. The predicted octanol–water partition coefficient (Wildman–Crippen LogP) is 3.44. The normalized spacial score (nSPS) is 23.3. The largest absolute Gasteiger partial charge is 0.388 e. The van der Waals surface area contributed by atoms with E-state index in [1.807, 2.05) is 11.0 Å². The van der Waals surface area contributed by atoms with Gasteiger partial charge in [-0.2, -0.15) is 0 Å². The number of carbonyl (C=O) groups is 1. The number of H-pyrrole nitrogens is 1. The first-order valence-electron chi connectivity index (χ1n) is 9.96. The van der Waals surface area contributed by atoms with Gasteiger partial charge in [0.2, 0.25) is 0 Å². The lowest BCUT2D eigenvalue weighted by Gasteiger charge is -2.39. The van der Waals surface area contributed by atoms with Gasteiger partial charge in [-0.25, -0.2) is 4.79 Å². The van der Waals surface area contributed by atoms with E-state index in [2.05, 4.69) is 34.7 Å². The summed E-state index contributed by atoms with van der Waals surface area (Å²) in [6, 6.07) is 8.35. The van der Waals surface area contributed by atoms with E-state index >= 15 is 0 Å². The van der Waals surface area contributed by atoms with E-state index in [0.717, 1.165) is 51.5 Å². The molecule has 4 rings (SSSR count). The van der Waals surface area contributed by atoms with Crippen molar-refractivity contribution in [2.75, 3.05) is 19.6 Å². The minimum atomic E-state index is -0.634. The Morgan fingerprint density at radius 1 is 1.31 bits per heavy atom. The molecule has 1 aromatic carbocycles. The van der Waals surface area contributed by atoms with Gasteiger partial charge in [-0.05, 0) is 62.5 Å². The zero-order valence-electron chi connectivity index (χ0n) is 15.3. The van der Waals surface area contributed by atoms with Gasteiger partial charge in [-0.1, -0.05) is 18.2 Å². The number of aliphatic hydroxyl groups is 1. The Morgan fingerprint density at radius 3 is 3.00 bits per heavy atom. The highest BCUT2D eigenvalue weighted by atomic mass is 16.3. The monoisotopic (exact) mass is 355 g/mol. The Morgan fingerprint density at radius 2 is 2.15 bits per heavy atom. The number of benzene rings is 1. The highest BCUT2D eigenvalue weighted by Crippen LogP contribution is 2.44. The van der Waals surface area contributed by atoms with Crippen LogP contribution in [0.5, 0.6) is 0 Å². The number of carbonyl (C=O) groups excluding carboxylic acids is 1. The first kappa shape index (κ1) is 17.4. The van der Waals surface area contributed by atoms with Crippen LogP contribution in [0.2, 0.25) is 0 Å². The Kier molecular flexibility index (Phi) is 4.90. The minimum absolute atomic E-state index is 0.0177. The van der Waals surface area contributed by atoms with Crippen molar-refractivity contribution in [1.82, 2.24) is 15.2 Å². The number of nitrogens with one attached hydrogen (secondary N) is 2.